The highest BCUT2D eigenvalue weighted by molar-refractivity contribution is 7.85. The van der Waals surface area contributed by atoms with Gasteiger partial charge in [-0.3, -0.25) is 4.21 Å². The van der Waals surface area contributed by atoms with Crippen molar-refractivity contribution in [3.8, 4) is 0 Å². The minimum atomic E-state index is -1.41. The highest BCUT2D eigenvalue weighted by Gasteiger charge is 2.13. The van der Waals surface area contributed by atoms with Gasteiger partial charge in [0.25, 0.3) is 0 Å². The fraction of sp³-hybridized carbons (Fsp3) is 0.143. The molecule has 0 bridgehead atoms. The smallest absolute Gasteiger partial charge is 0.124 e. The number of rotatable bonds is 4. The summed E-state index contributed by atoms with van der Waals surface area (Å²) in [6.45, 7) is 0. The molecule has 2 nitrogen and oxygen atoms in total. The largest absolute Gasteiger partial charge is 0.387 e. The molecule has 0 saturated heterocycles. The molecule has 0 fully saturated rings. The van der Waals surface area contributed by atoms with Crippen molar-refractivity contribution in [1.29, 1.82) is 0 Å². The Kier molecular flexibility index (Phi) is 4.23. The Bertz CT molecular complexity index is 543. The van der Waals surface area contributed by atoms with Crippen LogP contribution in [0.3, 0.4) is 0 Å². The summed E-state index contributed by atoms with van der Waals surface area (Å²) in [5.41, 5.74) is 0.710. The van der Waals surface area contributed by atoms with Crippen LogP contribution in [0, 0.1) is 5.82 Å². The van der Waals surface area contributed by atoms with Crippen LogP contribution in [-0.4, -0.2) is 15.1 Å². The van der Waals surface area contributed by atoms with Crippen LogP contribution in [0.15, 0.2) is 59.5 Å². The monoisotopic (exact) mass is 264 g/mol. The Morgan fingerprint density at radius 2 is 1.83 bits per heavy atom. The van der Waals surface area contributed by atoms with Gasteiger partial charge in [0, 0.05) is 4.90 Å². The summed E-state index contributed by atoms with van der Waals surface area (Å²) in [5.74, 6) is -0.358. The Balaban J connectivity index is 2.08. The predicted octanol–water partition coefficient (Wildman–Crippen LogP) is 2.67. The second-order valence-electron chi connectivity index (χ2n) is 3.90. The molecule has 0 heterocycles. The number of aliphatic hydroxyl groups excluding tert-OH is 1. The van der Waals surface area contributed by atoms with E-state index in [1.165, 1.54) is 18.2 Å². The Hall–Kier alpha value is -1.52. The molecular weight excluding hydrogens is 251 g/mol. The number of benzene rings is 2. The standard InChI is InChI=1S/C14H13FO2S/c15-12-7-4-8-13(9-12)18(17)10-14(16)11-5-2-1-3-6-11/h1-9,14,16H,10H2. The van der Waals surface area contributed by atoms with E-state index in [0.29, 0.717) is 10.5 Å². The van der Waals surface area contributed by atoms with E-state index in [2.05, 4.69) is 0 Å². The van der Waals surface area contributed by atoms with Gasteiger partial charge in [-0.15, -0.1) is 0 Å². The summed E-state index contributed by atoms with van der Waals surface area (Å²) in [6, 6.07) is 14.6. The van der Waals surface area contributed by atoms with Gasteiger partial charge in [-0.05, 0) is 23.8 Å². The van der Waals surface area contributed by atoms with Gasteiger partial charge in [-0.1, -0.05) is 36.4 Å². The molecule has 18 heavy (non-hydrogen) atoms. The van der Waals surface area contributed by atoms with Gasteiger partial charge >= 0.3 is 0 Å². The molecule has 0 amide bonds. The maximum Gasteiger partial charge on any atom is 0.124 e. The zero-order chi connectivity index (χ0) is 13.0. The molecule has 2 unspecified atom stereocenters. The van der Waals surface area contributed by atoms with Crippen molar-refractivity contribution in [1.82, 2.24) is 0 Å². The average Bonchev–Trinajstić information content (AvgIpc) is 2.39. The topological polar surface area (TPSA) is 37.3 Å². The Morgan fingerprint density at radius 1 is 1.11 bits per heavy atom. The molecule has 0 aromatic heterocycles. The van der Waals surface area contributed by atoms with Gasteiger partial charge in [-0.25, -0.2) is 4.39 Å². The van der Waals surface area contributed by atoms with E-state index in [9.17, 15) is 13.7 Å². The lowest BCUT2D eigenvalue weighted by Crippen LogP contribution is -2.09. The maximum absolute atomic E-state index is 13.0. The van der Waals surface area contributed by atoms with Crippen molar-refractivity contribution in [2.24, 2.45) is 0 Å². The summed E-state index contributed by atoms with van der Waals surface area (Å²) < 4.78 is 25.0. The third-order valence-electron chi connectivity index (χ3n) is 2.55. The van der Waals surface area contributed by atoms with Crippen molar-refractivity contribution in [2.45, 2.75) is 11.0 Å². The van der Waals surface area contributed by atoms with E-state index in [4.69, 9.17) is 0 Å². The first-order valence-electron chi connectivity index (χ1n) is 5.54. The molecule has 2 aromatic rings. The first-order chi connectivity index (χ1) is 8.66. The first-order valence-corrected chi connectivity index (χ1v) is 6.85. The number of hydrogen-bond acceptors (Lipinski definition) is 2. The zero-order valence-corrected chi connectivity index (χ0v) is 10.4. The Morgan fingerprint density at radius 3 is 2.50 bits per heavy atom. The fourth-order valence-corrected chi connectivity index (χ4v) is 2.77. The van der Waals surface area contributed by atoms with Crippen molar-refractivity contribution >= 4 is 10.8 Å². The van der Waals surface area contributed by atoms with Crippen LogP contribution in [0.1, 0.15) is 11.7 Å². The van der Waals surface area contributed by atoms with Gasteiger partial charge in [0.1, 0.15) is 5.82 Å². The lowest BCUT2D eigenvalue weighted by Gasteiger charge is -2.10. The maximum atomic E-state index is 13.0. The molecule has 0 spiro atoms. The summed E-state index contributed by atoms with van der Waals surface area (Å²) in [6.07, 6.45) is -0.810. The van der Waals surface area contributed by atoms with Crippen LogP contribution in [0.4, 0.5) is 4.39 Å². The summed E-state index contributed by atoms with van der Waals surface area (Å²) in [5, 5.41) is 9.93. The molecular formula is C14H13FO2S. The van der Waals surface area contributed by atoms with Crippen LogP contribution in [0.25, 0.3) is 0 Å². The first kappa shape index (κ1) is 12.9. The lowest BCUT2D eigenvalue weighted by atomic mass is 10.1. The molecule has 1 N–H and O–H groups in total. The third kappa shape index (κ3) is 3.24. The molecule has 2 rings (SSSR count). The third-order valence-corrected chi connectivity index (χ3v) is 3.95. The highest BCUT2D eigenvalue weighted by atomic mass is 32.2. The van der Waals surface area contributed by atoms with E-state index in [0.717, 1.165) is 0 Å². The van der Waals surface area contributed by atoms with Crippen molar-refractivity contribution in [3.05, 3.63) is 66.0 Å². The number of halogens is 1. The van der Waals surface area contributed by atoms with E-state index < -0.39 is 22.7 Å². The van der Waals surface area contributed by atoms with Gasteiger partial charge < -0.3 is 5.11 Å². The molecule has 0 aliphatic rings. The SMILES string of the molecule is O=S(CC(O)c1ccccc1)c1cccc(F)c1. The summed E-state index contributed by atoms with van der Waals surface area (Å²) >= 11 is 0. The van der Waals surface area contributed by atoms with Crippen LogP contribution in [0.2, 0.25) is 0 Å². The molecule has 4 heteroatoms. The van der Waals surface area contributed by atoms with Crippen LogP contribution in [-0.2, 0) is 10.8 Å². The van der Waals surface area contributed by atoms with Crippen LogP contribution in [0.5, 0.6) is 0 Å². The molecule has 0 aliphatic carbocycles. The minimum Gasteiger partial charge on any atom is -0.387 e. The second-order valence-corrected chi connectivity index (χ2v) is 5.39. The van der Waals surface area contributed by atoms with Crippen molar-refractivity contribution in [2.75, 3.05) is 5.75 Å². The van der Waals surface area contributed by atoms with Crippen molar-refractivity contribution < 1.29 is 13.7 Å². The minimum absolute atomic E-state index is 0.0630. The van der Waals surface area contributed by atoms with E-state index in [-0.39, 0.29) is 5.75 Å². The van der Waals surface area contributed by atoms with Crippen LogP contribution >= 0.6 is 0 Å². The van der Waals surface area contributed by atoms with E-state index >= 15 is 0 Å². The number of hydrogen-bond donors (Lipinski definition) is 1. The van der Waals surface area contributed by atoms with E-state index in [1.807, 2.05) is 18.2 Å². The van der Waals surface area contributed by atoms with Gasteiger partial charge in [0.05, 0.1) is 22.7 Å². The Labute approximate surface area is 108 Å². The van der Waals surface area contributed by atoms with Crippen LogP contribution < -0.4 is 0 Å². The molecule has 0 saturated carbocycles. The fourth-order valence-electron chi connectivity index (χ4n) is 1.62. The molecule has 2 atom stereocenters. The quantitative estimate of drug-likeness (QED) is 0.921. The second kappa shape index (κ2) is 5.89. The molecule has 2 aromatic carbocycles. The van der Waals surface area contributed by atoms with Gasteiger partial charge in [-0.2, -0.15) is 0 Å². The predicted molar refractivity (Wildman–Crippen MR) is 69.1 cm³/mol. The van der Waals surface area contributed by atoms with E-state index in [1.54, 1.807) is 18.2 Å². The summed E-state index contributed by atoms with van der Waals surface area (Å²) in [4.78, 5) is 0.394. The molecule has 94 valence electrons. The molecule has 0 aliphatic heterocycles. The normalized spacial score (nSPS) is 14.1. The van der Waals surface area contributed by atoms with Gasteiger partial charge in [0.15, 0.2) is 0 Å². The zero-order valence-electron chi connectivity index (χ0n) is 9.62. The number of aliphatic hydroxyl groups is 1. The highest BCUT2D eigenvalue weighted by Crippen LogP contribution is 2.17. The summed E-state index contributed by atoms with van der Waals surface area (Å²) in [7, 11) is -1.41. The lowest BCUT2D eigenvalue weighted by molar-refractivity contribution is 0.203. The van der Waals surface area contributed by atoms with Gasteiger partial charge in [0.2, 0.25) is 0 Å². The molecule has 0 radical (unpaired) electrons. The van der Waals surface area contributed by atoms with Crippen molar-refractivity contribution in [3.63, 3.8) is 0 Å². The average molecular weight is 264 g/mol.